The van der Waals surface area contributed by atoms with Crippen LogP contribution in [0.25, 0.3) is 0 Å². The van der Waals surface area contributed by atoms with Gasteiger partial charge in [-0.15, -0.1) is 11.8 Å². The number of carbonyl (C=O) groups is 2. The summed E-state index contributed by atoms with van der Waals surface area (Å²) in [6, 6.07) is 4.29. The van der Waals surface area contributed by atoms with Crippen LogP contribution in [0.15, 0.2) is 23.1 Å². The number of sulfonamides is 1. The zero-order valence-corrected chi connectivity index (χ0v) is 18.3. The number of halogens is 1. The van der Waals surface area contributed by atoms with Gasteiger partial charge >= 0.3 is 5.97 Å². The first kappa shape index (κ1) is 23.0. The Balaban J connectivity index is 2.08. The van der Waals surface area contributed by atoms with E-state index in [-0.39, 0.29) is 39.8 Å². The Labute approximate surface area is 175 Å². The molecule has 0 aromatic heterocycles. The molecule has 10 heteroatoms. The van der Waals surface area contributed by atoms with Crippen molar-refractivity contribution in [1.29, 1.82) is 0 Å². The summed E-state index contributed by atoms with van der Waals surface area (Å²) in [6.07, 6.45) is 2.70. The minimum absolute atomic E-state index is 0.0551. The van der Waals surface area contributed by atoms with Gasteiger partial charge in [-0.3, -0.25) is 9.59 Å². The molecule has 1 N–H and O–H groups in total. The second-order valence-electron chi connectivity index (χ2n) is 6.35. The number of hydrogen-bond acceptors (Lipinski definition) is 6. The Kier molecular flexibility index (Phi) is 8.60. The Morgan fingerprint density at radius 1 is 1.29 bits per heavy atom. The Hall–Kier alpha value is -1.29. The molecule has 1 unspecified atom stereocenters. The van der Waals surface area contributed by atoms with Gasteiger partial charge in [0.25, 0.3) is 0 Å². The minimum atomic E-state index is -3.63. The zero-order valence-electron chi connectivity index (χ0n) is 15.9. The predicted octanol–water partition coefficient (Wildman–Crippen LogP) is 3.14. The molecule has 0 saturated carbocycles. The summed E-state index contributed by atoms with van der Waals surface area (Å²) in [5.41, 5.74) is 0.230. The molecule has 156 valence electrons. The smallest absolute Gasteiger partial charge is 0.315 e. The molecule has 7 nitrogen and oxygen atoms in total. The van der Waals surface area contributed by atoms with E-state index in [0.717, 1.165) is 31.0 Å². The van der Waals surface area contributed by atoms with Gasteiger partial charge in [0.15, 0.2) is 0 Å². The van der Waals surface area contributed by atoms with Crippen molar-refractivity contribution in [2.75, 3.05) is 30.8 Å². The van der Waals surface area contributed by atoms with Crippen LogP contribution in [-0.2, 0) is 24.3 Å². The number of piperidine rings is 1. The fourth-order valence-corrected chi connectivity index (χ4v) is 5.11. The molecular formula is C18H25ClN2O5S2. The van der Waals surface area contributed by atoms with Crippen molar-refractivity contribution in [1.82, 2.24) is 4.31 Å². The molecule has 0 aliphatic carbocycles. The van der Waals surface area contributed by atoms with Gasteiger partial charge < -0.3 is 10.1 Å². The van der Waals surface area contributed by atoms with Gasteiger partial charge in [0.05, 0.1) is 33.2 Å². The number of nitrogens with one attached hydrogen (secondary N) is 1. The van der Waals surface area contributed by atoms with Crippen molar-refractivity contribution >= 4 is 50.9 Å². The second kappa shape index (κ2) is 10.5. The van der Waals surface area contributed by atoms with Crippen molar-refractivity contribution in [3.05, 3.63) is 23.2 Å². The Morgan fingerprint density at radius 2 is 1.96 bits per heavy atom. The third kappa shape index (κ3) is 6.10. The molecule has 28 heavy (non-hydrogen) atoms. The largest absolute Gasteiger partial charge is 0.465 e. The summed E-state index contributed by atoms with van der Waals surface area (Å²) in [5.74, 6) is -0.706. The summed E-state index contributed by atoms with van der Waals surface area (Å²) in [4.78, 5) is 23.9. The van der Waals surface area contributed by atoms with E-state index in [9.17, 15) is 18.0 Å². The molecule has 1 aromatic rings. The lowest BCUT2D eigenvalue weighted by Gasteiger charge is -2.26. The second-order valence-corrected chi connectivity index (χ2v) is 10.0. The molecular weight excluding hydrogens is 424 g/mol. The van der Waals surface area contributed by atoms with Gasteiger partial charge in [0.1, 0.15) is 0 Å². The van der Waals surface area contributed by atoms with Crippen LogP contribution < -0.4 is 5.32 Å². The van der Waals surface area contributed by atoms with E-state index in [2.05, 4.69) is 5.32 Å². The first-order chi connectivity index (χ1) is 13.3. The third-order valence-corrected chi connectivity index (χ3v) is 7.61. The highest BCUT2D eigenvalue weighted by atomic mass is 35.5. The van der Waals surface area contributed by atoms with Crippen LogP contribution in [0, 0.1) is 0 Å². The number of esters is 1. The number of benzene rings is 1. The molecule has 1 aliphatic rings. The van der Waals surface area contributed by atoms with Crippen LogP contribution in [0.2, 0.25) is 5.02 Å². The van der Waals surface area contributed by atoms with Crippen LogP contribution in [0.5, 0.6) is 0 Å². The van der Waals surface area contributed by atoms with Crippen molar-refractivity contribution in [2.24, 2.45) is 0 Å². The van der Waals surface area contributed by atoms with Crippen LogP contribution in [-0.4, -0.2) is 55.3 Å². The SMILES string of the molecule is CCOC(=O)CSC(C)C(=O)Nc1cc(S(=O)(=O)N2CCCCC2)ccc1Cl. The zero-order chi connectivity index (χ0) is 20.7. The summed E-state index contributed by atoms with van der Waals surface area (Å²) >= 11 is 7.28. The van der Waals surface area contributed by atoms with Crippen LogP contribution in [0.3, 0.4) is 0 Å². The molecule has 2 rings (SSSR count). The number of anilines is 1. The van der Waals surface area contributed by atoms with E-state index in [4.69, 9.17) is 16.3 Å². The summed E-state index contributed by atoms with van der Waals surface area (Å²) in [6.45, 7) is 4.64. The number of ether oxygens (including phenoxy) is 1. The quantitative estimate of drug-likeness (QED) is 0.614. The molecule has 1 saturated heterocycles. The van der Waals surface area contributed by atoms with Crippen molar-refractivity contribution < 1.29 is 22.7 Å². The third-order valence-electron chi connectivity index (χ3n) is 4.27. The van der Waals surface area contributed by atoms with E-state index in [0.29, 0.717) is 13.1 Å². The van der Waals surface area contributed by atoms with Crippen LogP contribution in [0.4, 0.5) is 5.69 Å². The first-order valence-corrected chi connectivity index (χ1v) is 12.0. The van der Waals surface area contributed by atoms with Gasteiger partial charge in [-0.05, 0) is 44.9 Å². The van der Waals surface area contributed by atoms with E-state index in [1.54, 1.807) is 13.8 Å². The molecule has 1 amide bonds. The maximum atomic E-state index is 12.8. The number of rotatable bonds is 8. The maximum Gasteiger partial charge on any atom is 0.315 e. The van der Waals surface area contributed by atoms with E-state index >= 15 is 0 Å². The number of nitrogens with zero attached hydrogens (tertiary/aromatic N) is 1. The van der Waals surface area contributed by atoms with E-state index in [1.807, 2.05) is 0 Å². The van der Waals surface area contributed by atoms with Crippen LogP contribution in [0.1, 0.15) is 33.1 Å². The fourth-order valence-electron chi connectivity index (χ4n) is 2.72. The number of thioether (sulfide) groups is 1. The van der Waals surface area contributed by atoms with Gasteiger partial charge in [-0.25, -0.2) is 8.42 Å². The Morgan fingerprint density at radius 3 is 2.61 bits per heavy atom. The average molecular weight is 449 g/mol. The van der Waals surface area contributed by atoms with Crippen molar-refractivity contribution in [2.45, 2.75) is 43.3 Å². The number of hydrogen-bond donors (Lipinski definition) is 1. The number of carbonyl (C=O) groups excluding carboxylic acids is 2. The fraction of sp³-hybridized carbons (Fsp3) is 0.556. The predicted molar refractivity (Wildman–Crippen MR) is 111 cm³/mol. The maximum absolute atomic E-state index is 12.8. The molecule has 0 radical (unpaired) electrons. The minimum Gasteiger partial charge on any atom is -0.465 e. The van der Waals surface area contributed by atoms with Gasteiger partial charge in [0, 0.05) is 13.1 Å². The molecule has 1 atom stereocenters. The molecule has 1 fully saturated rings. The lowest BCUT2D eigenvalue weighted by molar-refractivity contribution is -0.139. The van der Waals surface area contributed by atoms with Gasteiger partial charge in [-0.2, -0.15) is 4.31 Å². The van der Waals surface area contributed by atoms with Gasteiger partial charge in [0.2, 0.25) is 15.9 Å². The highest BCUT2D eigenvalue weighted by molar-refractivity contribution is 8.01. The lowest BCUT2D eigenvalue weighted by atomic mass is 10.2. The van der Waals surface area contributed by atoms with Crippen molar-refractivity contribution in [3.8, 4) is 0 Å². The monoisotopic (exact) mass is 448 g/mol. The highest BCUT2D eigenvalue weighted by Gasteiger charge is 2.27. The molecule has 0 spiro atoms. The first-order valence-electron chi connectivity index (χ1n) is 9.13. The average Bonchev–Trinajstić information content (AvgIpc) is 2.68. The molecule has 1 aromatic carbocycles. The molecule has 0 bridgehead atoms. The highest BCUT2D eigenvalue weighted by Crippen LogP contribution is 2.29. The summed E-state index contributed by atoms with van der Waals surface area (Å²) in [7, 11) is -3.63. The van der Waals surface area contributed by atoms with E-state index in [1.165, 1.54) is 22.5 Å². The standard InChI is InChI=1S/C18H25ClN2O5S2/c1-3-26-17(22)12-27-13(2)18(23)20-16-11-14(7-8-15(16)19)28(24,25)21-9-5-4-6-10-21/h7-8,11,13H,3-6,9-10,12H2,1-2H3,(H,20,23). The molecule has 1 heterocycles. The topological polar surface area (TPSA) is 92.8 Å². The van der Waals surface area contributed by atoms with Crippen molar-refractivity contribution in [3.63, 3.8) is 0 Å². The normalized spacial score (nSPS) is 16.4. The lowest BCUT2D eigenvalue weighted by Crippen LogP contribution is -2.35. The van der Waals surface area contributed by atoms with Crippen LogP contribution >= 0.6 is 23.4 Å². The number of amides is 1. The summed E-state index contributed by atoms with van der Waals surface area (Å²) < 4.78 is 31.9. The Bertz CT molecular complexity index is 810. The summed E-state index contributed by atoms with van der Waals surface area (Å²) in [5, 5.41) is 2.36. The van der Waals surface area contributed by atoms with Gasteiger partial charge in [-0.1, -0.05) is 18.0 Å². The molecule has 1 aliphatic heterocycles. The van der Waals surface area contributed by atoms with E-state index < -0.39 is 15.3 Å².